The molecule has 3 nitrogen and oxygen atoms in total. The lowest BCUT2D eigenvalue weighted by atomic mass is 9.81. The van der Waals surface area contributed by atoms with Crippen LogP contribution in [0.1, 0.15) is 43.7 Å². The summed E-state index contributed by atoms with van der Waals surface area (Å²) in [4.78, 5) is 0. The monoisotopic (exact) mass is 579 g/mol. The second-order valence-corrected chi connectivity index (χ2v) is 12.9. The molecule has 1 aliphatic carbocycles. The summed E-state index contributed by atoms with van der Waals surface area (Å²) >= 11 is 0. The molecule has 8 rings (SSSR count). The van der Waals surface area contributed by atoms with E-state index in [1.54, 1.807) is 0 Å². The molecule has 6 aromatic carbocycles. The van der Waals surface area contributed by atoms with E-state index in [-0.39, 0.29) is 6.04 Å². The van der Waals surface area contributed by atoms with Crippen LogP contribution in [0.15, 0.2) is 142 Å². The highest BCUT2D eigenvalue weighted by Crippen LogP contribution is 2.51. The Morgan fingerprint density at radius 2 is 1.05 bits per heavy atom. The van der Waals surface area contributed by atoms with Crippen molar-refractivity contribution in [2.45, 2.75) is 38.1 Å². The minimum Gasteiger partial charge on any atom is -0.404 e. The van der Waals surface area contributed by atoms with Gasteiger partial charge in [-0.05, 0) is 70.1 Å². The predicted octanol–water partition coefficient (Wildman–Crippen LogP) is 12.2. The number of hydrogen-bond acceptors (Lipinski definition) is 3. The van der Waals surface area contributed by atoms with Crippen molar-refractivity contribution in [3.8, 4) is 0 Å². The number of anilines is 1. The third-order valence-electron chi connectivity index (χ3n) is 9.08. The van der Waals surface area contributed by atoms with Crippen LogP contribution in [0.4, 0.5) is 5.69 Å². The summed E-state index contributed by atoms with van der Waals surface area (Å²) < 4.78 is 16.8. The molecule has 0 aliphatic heterocycles. The van der Waals surface area contributed by atoms with Gasteiger partial charge in [0.15, 0.2) is 0 Å². The average Bonchev–Trinajstić information content (AvgIpc) is 3.25. The van der Waals surface area contributed by atoms with Crippen LogP contribution >= 0.6 is 8.16 Å². The van der Waals surface area contributed by atoms with Crippen molar-refractivity contribution >= 4 is 57.3 Å². The van der Waals surface area contributed by atoms with Gasteiger partial charge in [-0.3, -0.25) is 4.67 Å². The predicted molar refractivity (Wildman–Crippen MR) is 181 cm³/mol. The van der Waals surface area contributed by atoms with Crippen LogP contribution in [0, 0.1) is 5.92 Å². The molecule has 0 radical (unpaired) electrons. The molecule has 212 valence electrons. The minimum atomic E-state index is -1.58. The zero-order chi connectivity index (χ0) is 28.6. The van der Waals surface area contributed by atoms with Crippen LogP contribution in [0.3, 0.4) is 0 Å². The maximum atomic E-state index is 7.17. The summed E-state index contributed by atoms with van der Waals surface area (Å²) in [5, 5.41) is 6.96. The Morgan fingerprint density at radius 3 is 1.63 bits per heavy atom. The fourth-order valence-electron chi connectivity index (χ4n) is 7.10. The van der Waals surface area contributed by atoms with Gasteiger partial charge in [-0.2, -0.15) is 0 Å². The highest BCUT2D eigenvalue weighted by atomic mass is 31.1. The van der Waals surface area contributed by atoms with Gasteiger partial charge in [-0.1, -0.05) is 128 Å². The van der Waals surface area contributed by atoms with Crippen LogP contribution in [-0.4, -0.2) is 0 Å². The molecule has 43 heavy (non-hydrogen) atoms. The van der Waals surface area contributed by atoms with Crippen molar-refractivity contribution in [2.24, 2.45) is 5.92 Å². The van der Waals surface area contributed by atoms with Crippen molar-refractivity contribution in [1.82, 2.24) is 0 Å². The van der Waals surface area contributed by atoms with Gasteiger partial charge in [0, 0.05) is 10.8 Å². The van der Waals surface area contributed by atoms with Gasteiger partial charge in [0.25, 0.3) is 0 Å². The SMILES string of the molecule is c1ccc([C@H](C2CCCCC2)N(c2ccccc2)p2oc3ccc4ccccc4c3c3c(ccc4ccccc43)o2)cc1. The summed E-state index contributed by atoms with van der Waals surface area (Å²) in [7, 11) is -1.58. The van der Waals surface area contributed by atoms with Crippen molar-refractivity contribution in [2.75, 3.05) is 4.67 Å². The van der Waals surface area contributed by atoms with Crippen LogP contribution in [-0.2, 0) is 0 Å². The van der Waals surface area contributed by atoms with E-state index in [9.17, 15) is 0 Å². The van der Waals surface area contributed by atoms with Crippen LogP contribution in [0.25, 0.3) is 43.5 Å². The molecule has 0 bridgehead atoms. The first-order chi connectivity index (χ1) is 21.3. The second kappa shape index (κ2) is 11.3. The van der Waals surface area contributed by atoms with Gasteiger partial charge in [0.1, 0.15) is 11.2 Å². The molecule has 0 N–H and O–H groups in total. The number of hydrogen-bond donors (Lipinski definition) is 0. The van der Waals surface area contributed by atoms with Crippen molar-refractivity contribution in [3.63, 3.8) is 0 Å². The molecular weight excluding hydrogens is 545 g/mol. The first kappa shape index (κ1) is 26.2. The Kier molecular flexibility index (Phi) is 6.89. The van der Waals surface area contributed by atoms with E-state index < -0.39 is 8.16 Å². The molecule has 0 saturated heterocycles. The molecule has 1 heterocycles. The Bertz CT molecular complexity index is 1980. The summed E-state index contributed by atoms with van der Waals surface area (Å²) in [6.07, 6.45) is 6.24. The number of nitrogens with zero attached hydrogens (tertiary/aromatic N) is 1. The molecule has 0 amide bonds. The molecule has 1 aliphatic rings. The standard InChI is InChI=1S/C39H34NO2P/c1-4-16-30(17-5-1)39(31-18-6-2-7-19-31)40(32-20-8-3-9-21-32)43-41-35-26-24-28-14-10-12-22-33(28)37(35)38-34-23-13-11-15-29(34)25-27-36(38)42-43/h1,3-5,8-17,20-27,31,39H,2,6-7,18-19H2/t39-/m1/s1. The molecular formula is C39H34NO2P. The first-order valence-electron chi connectivity index (χ1n) is 15.4. The second-order valence-electron chi connectivity index (χ2n) is 11.7. The highest BCUT2D eigenvalue weighted by Gasteiger charge is 2.34. The van der Waals surface area contributed by atoms with E-state index in [4.69, 9.17) is 8.39 Å². The lowest BCUT2D eigenvalue weighted by Crippen LogP contribution is -2.29. The molecule has 0 spiro atoms. The molecule has 1 saturated carbocycles. The zero-order valence-electron chi connectivity index (χ0n) is 24.1. The van der Waals surface area contributed by atoms with Gasteiger partial charge >= 0.3 is 8.16 Å². The molecule has 0 unspecified atom stereocenters. The van der Waals surface area contributed by atoms with E-state index in [0.717, 1.165) is 27.6 Å². The van der Waals surface area contributed by atoms with E-state index in [2.05, 4.69) is 138 Å². The highest BCUT2D eigenvalue weighted by molar-refractivity contribution is 7.39. The van der Waals surface area contributed by atoms with Crippen LogP contribution < -0.4 is 4.67 Å². The molecule has 1 atom stereocenters. The number of para-hydroxylation sites is 1. The Labute approximate surface area is 253 Å². The third-order valence-corrected chi connectivity index (χ3v) is 10.6. The lowest BCUT2D eigenvalue weighted by Gasteiger charge is -2.38. The van der Waals surface area contributed by atoms with Crippen LogP contribution in [0.5, 0.6) is 0 Å². The molecule has 1 aromatic heterocycles. The summed E-state index contributed by atoms with van der Waals surface area (Å²) in [5.74, 6) is 0.501. The number of benzene rings is 6. The van der Waals surface area contributed by atoms with Gasteiger partial charge in [-0.25, -0.2) is 0 Å². The van der Waals surface area contributed by atoms with Crippen molar-refractivity contribution in [3.05, 3.63) is 139 Å². The maximum absolute atomic E-state index is 7.17. The zero-order valence-corrected chi connectivity index (χ0v) is 25.0. The van der Waals surface area contributed by atoms with Crippen molar-refractivity contribution in [1.29, 1.82) is 0 Å². The molecule has 7 aromatic rings. The summed E-state index contributed by atoms with van der Waals surface area (Å²) in [6.45, 7) is 0. The van der Waals surface area contributed by atoms with Gasteiger partial charge in [-0.15, -0.1) is 0 Å². The first-order valence-corrected chi connectivity index (χ1v) is 16.6. The Morgan fingerprint density at radius 1 is 0.535 bits per heavy atom. The normalized spacial score (nSPS) is 14.8. The van der Waals surface area contributed by atoms with Crippen molar-refractivity contribution < 1.29 is 8.39 Å². The maximum Gasteiger partial charge on any atom is 0.342 e. The fourth-order valence-corrected chi connectivity index (χ4v) is 8.80. The summed E-state index contributed by atoms with van der Waals surface area (Å²) in [6, 6.07) is 47.8. The van der Waals surface area contributed by atoms with Gasteiger partial charge in [0.2, 0.25) is 0 Å². The van der Waals surface area contributed by atoms with E-state index in [1.165, 1.54) is 59.2 Å². The Hall–Kier alpha value is -4.46. The number of rotatable bonds is 5. The third kappa shape index (κ3) is 4.79. The Balaban J connectivity index is 1.50. The number of fused-ring (bicyclic) bond motifs is 7. The molecule has 1 fully saturated rings. The van der Waals surface area contributed by atoms with E-state index in [1.807, 2.05) is 0 Å². The minimum absolute atomic E-state index is 0.126. The summed E-state index contributed by atoms with van der Waals surface area (Å²) in [5.41, 5.74) is 4.18. The molecule has 4 heteroatoms. The largest absolute Gasteiger partial charge is 0.404 e. The van der Waals surface area contributed by atoms with Gasteiger partial charge < -0.3 is 8.39 Å². The topological polar surface area (TPSA) is 29.5 Å². The lowest BCUT2D eigenvalue weighted by molar-refractivity contribution is 0.309. The fraction of sp³-hybridized carbons (Fsp3) is 0.179. The van der Waals surface area contributed by atoms with Crippen LogP contribution in [0.2, 0.25) is 0 Å². The van der Waals surface area contributed by atoms with Gasteiger partial charge in [0.05, 0.1) is 11.7 Å². The van der Waals surface area contributed by atoms with E-state index in [0.29, 0.717) is 5.92 Å². The quantitative estimate of drug-likeness (QED) is 0.203. The average molecular weight is 580 g/mol. The smallest absolute Gasteiger partial charge is 0.342 e. The van der Waals surface area contributed by atoms with E-state index >= 15 is 0 Å².